The second kappa shape index (κ2) is 8.79. The molecule has 7 nitrogen and oxygen atoms in total. The number of hydrogen-bond donors (Lipinski definition) is 1. The van der Waals surface area contributed by atoms with Gasteiger partial charge in [-0.3, -0.25) is 4.79 Å². The third kappa shape index (κ3) is 5.36. The van der Waals surface area contributed by atoms with E-state index in [2.05, 4.69) is 5.32 Å². The minimum atomic E-state index is -0.773. The van der Waals surface area contributed by atoms with Crippen molar-refractivity contribution in [2.45, 2.75) is 19.9 Å². The van der Waals surface area contributed by atoms with Gasteiger partial charge in [0, 0.05) is 22.5 Å². The van der Waals surface area contributed by atoms with Crippen LogP contribution in [0.15, 0.2) is 57.7 Å². The Morgan fingerprint density at radius 2 is 1.76 bits per heavy atom. The van der Waals surface area contributed by atoms with E-state index in [4.69, 9.17) is 25.5 Å². The quantitative estimate of drug-likeness (QED) is 0.375. The normalized spacial score (nSPS) is 10.8. The smallest absolute Gasteiger partial charge is 0.349 e. The fourth-order valence-electron chi connectivity index (χ4n) is 2.49. The lowest BCUT2D eigenvalue weighted by atomic mass is 10.1. The second-order valence-electron chi connectivity index (χ2n) is 6.49. The van der Waals surface area contributed by atoms with Gasteiger partial charge in [-0.2, -0.15) is 0 Å². The Morgan fingerprint density at radius 3 is 2.45 bits per heavy atom. The van der Waals surface area contributed by atoms with Gasteiger partial charge in [-0.05, 0) is 56.3 Å². The molecule has 0 aliphatic heterocycles. The lowest BCUT2D eigenvalue weighted by Gasteiger charge is -2.09. The second-order valence-corrected chi connectivity index (χ2v) is 6.93. The summed E-state index contributed by atoms with van der Waals surface area (Å²) in [5.41, 5.74) is -0.669. The average Bonchev–Trinajstić information content (AvgIpc) is 2.66. The molecule has 3 aromatic rings. The number of amides is 1. The number of esters is 1. The van der Waals surface area contributed by atoms with Gasteiger partial charge in [0.1, 0.15) is 22.6 Å². The van der Waals surface area contributed by atoms with Crippen molar-refractivity contribution in [1.82, 2.24) is 5.32 Å². The van der Waals surface area contributed by atoms with E-state index in [1.807, 2.05) is 0 Å². The standard InChI is InChI=1S/C21H18ClNO6/c1-12(2)23-20(25)17-9-13-3-6-16(10-18(13)29-21(17)26)28-19(24)11-27-15-7-4-14(22)5-8-15/h3-10,12H,11H2,1-2H3,(H,23,25). The fourth-order valence-corrected chi connectivity index (χ4v) is 2.61. The lowest BCUT2D eigenvalue weighted by Crippen LogP contribution is -2.33. The van der Waals surface area contributed by atoms with E-state index in [9.17, 15) is 14.4 Å². The van der Waals surface area contributed by atoms with Crippen molar-refractivity contribution in [2.75, 3.05) is 6.61 Å². The topological polar surface area (TPSA) is 94.8 Å². The highest BCUT2D eigenvalue weighted by molar-refractivity contribution is 6.30. The van der Waals surface area contributed by atoms with E-state index in [-0.39, 0.29) is 29.5 Å². The Balaban J connectivity index is 1.70. The van der Waals surface area contributed by atoms with Crippen LogP contribution in [0, 0.1) is 0 Å². The van der Waals surface area contributed by atoms with Crippen LogP contribution in [0.4, 0.5) is 0 Å². The summed E-state index contributed by atoms with van der Waals surface area (Å²) in [7, 11) is 0. The molecule has 1 aromatic heterocycles. The number of carbonyl (C=O) groups excluding carboxylic acids is 2. The molecule has 0 unspecified atom stereocenters. The monoisotopic (exact) mass is 415 g/mol. The third-order valence-corrected chi connectivity index (χ3v) is 4.03. The maximum Gasteiger partial charge on any atom is 0.349 e. The van der Waals surface area contributed by atoms with Gasteiger partial charge in [0.2, 0.25) is 0 Å². The number of ether oxygens (including phenoxy) is 2. The Labute approximate surface area is 171 Å². The van der Waals surface area contributed by atoms with Crippen LogP contribution in [-0.4, -0.2) is 24.5 Å². The molecule has 0 atom stereocenters. The van der Waals surface area contributed by atoms with E-state index in [1.165, 1.54) is 18.2 Å². The van der Waals surface area contributed by atoms with E-state index < -0.39 is 17.5 Å². The van der Waals surface area contributed by atoms with Crippen LogP contribution in [0.1, 0.15) is 24.2 Å². The van der Waals surface area contributed by atoms with Crippen LogP contribution in [0.25, 0.3) is 11.0 Å². The maximum absolute atomic E-state index is 12.1. The molecule has 1 heterocycles. The summed E-state index contributed by atoms with van der Waals surface area (Å²) in [6, 6.07) is 12.4. The van der Waals surface area contributed by atoms with Crippen molar-refractivity contribution in [1.29, 1.82) is 0 Å². The molecule has 0 radical (unpaired) electrons. The number of hydrogen-bond acceptors (Lipinski definition) is 6. The number of rotatable bonds is 6. The van der Waals surface area contributed by atoms with Crippen molar-refractivity contribution in [2.24, 2.45) is 0 Å². The number of halogens is 1. The summed E-state index contributed by atoms with van der Waals surface area (Å²) in [5, 5.41) is 3.72. The van der Waals surface area contributed by atoms with Gasteiger partial charge in [0.15, 0.2) is 6.61 Å². The molecule has 0 fully saturated rings. The SMILES string of the molecule is CC(C)NC(=O)c1cc2ccc(OC(=O)COc3ccc(Cl)cc3)cc2oc1=O. The van der Waals surface area contributed by atoms with Crippen LogP contribution >= 0.6 is 11.6 Å². The first-order valence-electron chi connectivity index (χ1n) is 8.79. The van der Waals surface area contributed by atoms with Crippen molar-refractivity contribution in [3.05, 3.63) is 69.5 Å². The highest BCUT2D eigenvalue weighted by Crippen LogP contribution is 2.21. The molecule has 1 N–H and O–H groups in total. The Morgan fingerprint density at radius 1 is 1.07 bits per heavy atom. The molecule has 0 saturated heterocycles. The molecule has 2 aromatic carbocycles. The maximum atomic E-state index is 12.1. The summed E-state index contributed by atoms with van der Waals surface area (Å²) in [5.74, 6) is -0.479. The first-order chi connectivity index (χ1) is 13.8. The number of nitrogens with one attached hydrogen (secondary N) is 1. The van der Waals surface area contributed by atoms with Crippen LogP contribution in [0.2, 0.25) is 5.02 Å². The number of benzene rings is 2. The first kappa shape index (κ1) is 20.4. The van der Waals surface area contributed by atoms with Crippen molar-refractivity contribution in [3.8, 4) is 11.5 Å². The highest BCUT2D eigenvalue weighted by atomic mass is 35.5. The van der Waals surface area contributed by atoms with E-state index in [0.29, 0.717) is 16.2 Å². The summed E-state index contributed by atoms with van der Waals surface area (Å²) in [6.45, 7) is 3.27. The van der Waals surface area contributed by atoms with Gasteiger partial charge in [-0.25, -0.2) is 9.59 Å². The van der Waals surface area contributed by atoms with Gasteiger partial charge < -0.3 is 19.2 Å². The summed E-state index contributed by atoms with van der Waals surface area (Å²) >= 11 is 5.79. The Kier molecular flexibility index (Phi) is 6.19. The largest absolute Gasteiger partial charge is 0.482 e. The fraction of sp³-hybridized carbons (Fsp3) is 0.190. The van der Waals surface area contributed by atoms with E-state index in [0.717, 1.165) is 0 Å². The van der Waals surface area contributed by atoms with Gasteiger partial charge in [-0.15, -0.1) is 0 Å². The lowest BCUT2D eigenvalue weighted by molar-refractivity contribution is -0.136. The molecular formula is C21H18ClNO6. The van der Waals surface area contributed by atoms with Crippen LogP contribution in [0.3, 0.4) is 0 Å². The molecule has 0 bridgehead atoms. The summed E-state index contributed by atoms with van der Waals surface area (Å²) in [4.78, 5) is 36.2. The average molecular weight is 416 g/mol. The third-order valence-electron chi connectivity index (χ3n) is 3.77. The molecule has 1 amide bonds. The molecule has 150 valence electrons. The van der Waals surface area contributed by atoms with Crippen LogP contribution in [0.5, 0.6) is 11.5 Å². The first-order valence-corrected chi connectivity index (χ1v) is 9.17. The number of fused-ring (bicyclic) bond motifs is 1. The molecule has 29 heavy (non-hydrogen) atoms. The minimum absolute atomic E-state index is 0.0905. The van der Waals surface area contributed by atoms with Crippen molar-refractivity contribution in [3.63, 3.8) is 0 Å². The molecule has 0 aliphatic carbocycles. The Bertz CT molecular complexity index is 1100. The predicted molar refractivity (Wildman–Crippen MR) is 108 cm³/mol. The van der Waals surface area contributed by atoms with Gasteiger partial charge >= 0.3 is 11.6 Å². The van der Waals surface area contributed by atoms with E-state index in [1.54, 1.807) is 44.2 Å². The molecular weight excluding hydrogens is 398 g/mol. The zero-order chi connectivity index (χ0) is 21.0. The van der Waals surface area contributed by atoms with Gasteiger partial charge in [0.25, 0.3) is 5.91 Å². The minimum Gasteiger partial charge on any atom is -0.482 e. The van der Waals surface area contributed by atoms with Crippen molar-refractivity contribution >= 4 is 34.4 Å². The molecule has 0 saturated carbocycles. The highest BCUT2D eigenvalue weighted by Gasteiger charge is 2.15. The van der Waals surface area contributed by atoms with Crippen LogP contribution < -0.4 is 20.4 Å². The Hall–Kier alpha value is -3.32. The zero-order valence-electron chi connectivity index (χ0n) is 15.7. The molecule has 0 aliphatic rings. The summed E-state index contributed by atoms with van der Waals surface area (Å²) in [6.07, 6.45) is 0. The molecule has 8 heteroatoms. The van der Waals surface area contributed by atoms with Gasteiger partial charge in [-0.1, -0.05) is 11.6 Å². The van der Waals surface area contributed by atoms with E-state index >= 15 is 0 Å². The summed E-state index contributed by atoms with van der Waals surface area (Å²) < 4.78 is 15.7. The van der Waals surface area contributed by atoms with Gasteiger partial charge in [0.05, 0.1) is 0 Å². The number of carbonyl (C=O) groups is 2. The predicted octanol–water partition coefficient (Wildman–Crippen LogP) is 3.57. The van der Waals surface area contributed by atoms with Crippen LogP contribution in [-0.2, 0) is 4.79 Å². The molecule has 0 spiro atoms. The zero-order valence-corrected chi connectivity index (χ0v) is 16.5. The molecule has 3 rings (SSSR count). The van der Waals surface area contributed by atoms with Crippen molar-refractivity contribution < 1.29 is 23.5 Å².